The van der Waals surface area contributed by atoms with E-state index in [2.05, 4.69) is 0 Å². The van der Waals surface area contributed by atoms with Gasteiger partial charge < -0.3 is 9.47 Å². The van der Waals surface area contributed by atoms with Crippen molar-refractivity contribution in [3.63, 3.8) is 0 Å². The van der Waals surface area contributed by atoms with Gasteiger partial charge in [-0.05, 0) is 56.8 Å². The normalized spacial score (nSPS) is 39.6. The van der Waals surface area contributed by atoms with E-state index in [0.717, 1.165) is 6.61 Å². The minimum Gasteiger partial charge on any atom is -0.375 e. The number of hydrogen-bond acceptors (Lipinski definition) is 2. The first-order valence-corrected chi connectivity index (χ1v) is 9.09. The molecule has 2 aliphatic heterocycles. The van der Waals surface area contributed by atoms with E-state index in [1.54, 1.807) is 0 Å². The summed E-state index contributed by atoms with van der Waals surface area (Å²) in [6.07, 6.45) is 18.5. The third-order valence-corrected chi connectivity index (χ3v) is 6.60. The molecular weight excluding hydrogens is 248 g/mol. The van der Waals surface area contributed by atoms with Gasteiger partial charge in [-0.25, -0.2) is 0 Å². The Balaban J connectivity index is 1.40. The summed E-state index contributed by atoms with van der Waals surface area (Å²) >= 11 is 0. The van der Waals surface area contributed by atoms with Gasteiger partial charge in [-0.2, -0.15) is 0 Å². The zero-order valence-corrected chi connectivity index (χ0v) is 12.9. The molecule has 2 atom stereocenters. The lowest BCUT2D eigenvalue weighted by Crippen LogP contribution is -2.43. The highest BCUT2D eigenvalue weighted by Crippen LogP contribution is 2.49. The lowest BCUT2D eigenvalue weighted by atomic mass is 9.72. The van der Waals surface area contributed by atoms with Crippen molar-refractivity contribution in [3.8, 4) is 0 Å². The molecule has 20 heavy (non-hydrogen) atoms. The molecule has 2 aliphatic carbocycles. The van der Waals surface area contributed by atoms with E-state index in [4.69, 9.17) is 9.47 Å². The molecule has 0 amide bonds. The Kier molecular flexibility index (Phi) is 3.58. The maximum absolute atomic E-state index is 6.63. The topological polar surface area (TPSA) is 18.5 Å². The minimum atomic E-state index is 0.259. The van der Waals surface area contributed by atoms with Gasteiger partial charge in [0.05, 0.1) is 24.4 Å². The van der Waals surface area contributed by atoms with Gasteiger partial charge in [0.2, 0.25) is 0 Å². The van der Waals surface area contributed by atoms with E-state index in [1.807, 2.05) is 0 Å². The van der Waals surface area contributed by atoms with Crippen molar-refractivity contribution in [2.24, 2.45) is 5.41 Å². The van der Waals surface area contributed by atoms with E-state index in [1.165, 1.54) is 83.5 Å². The van der Waals surface area contributed by atoms with Crippen molar-refractivity contribution in [1.82, 2.24) is 0 Å². The highest BCUT2D eigenvalue weighted by molar-refractivity contribution is 4.97. The Morgan fingerprint density at radius 1 is 0.700 bits per heavy atom. The molecule has 2 saturated carbocycles. The predicted octanol–water partition coefficient (Wildman–Crippen LogP) is 4.61. The van der Waals surface area contributed by atoms with Crippen LogP contribution in [-0.2, 0) is 9.47 Å². The van der Waals surface area contributed by atoms with Crippen molar-refractivity contribution in [2.45, 2.75) is 101 Å². The fourth-order valence-electron chi connectivity index (χ4n) is 5.43. The molecule has 0 radical (unpaired) electrons. The molecule has 2 nitrogen and oxygen atoms in total. The Bertz CT molecular complexity index is 339. The molecule has 0 aromatic rings. The van der Waals surface area contributed by atoms with Gasteiger partial charge >= 0.3 is 0 Å². The Labute approximate surface area is 123 Å². The van der Waals surface area contributed by atoms with Crippen molar-refractivity contribution in [1.29, 1.82) is 0 Å². The minimum absolute atomic E-state index is 0.259. The summed E-state index contributed by atoms with van der Waals surface area (Å²) in [7, 11) is 0. The van der Waals surface area contributed by atoms with Crippen LogP contribution in [0, 0.1) is 5.41 Å². The van der Waals surface area contributed by atoms with Crippen LogP contribution in [0.3, 0.4) is 0 Å². The van der Waals surface area contributed by atoms with Crippen LogP contribution in [0.1, 0.15) is 83.5 Å². The summed E-state index contributed by atoms with van der Waals surface area (Å²) in [6.45, 7) is 1.02. The standard InChI is InChI=1S/C18H30O2/c1-2-8-17(9-3-1)13-16(19-14-17)15-7-6-12-18(20-15)10-4-5-11-18/h15-16H,1-14H2. The molecule has 4 fully saturated rings. The summed E-state index contributed by atoms with van der Waals surface area (Å²) in [4.78, 5) is 0. The van der Waals surface area contributed by atoms with Crippen LogP contribution >= 0.6 is 0 Å². The molecule has 4 aliphatic rings. The first kappa shape index (κ1) is 13.6. The van der Waals surface area contributed by atoms with Crippen LogP contribution < -0.4 is 0 Å². The summed E-state index contributed by atoms with van der Waals surface area (Å²) in [5, 5.41) is 0. The van der Waals surface area contributed by atoms with Gasteiger partial charge in [0.15, 0.2) is 0 Å². The molecule has 2 spiro atoms. The lowest BCUT2D eigenvalue weighted by molar-refractivity contribution is -0.163. The zero-order chi connectivity index (χ0) is 13.5. The van der Waals surface area contributed by atoms with Crippen LogP contribution in [0.4, 0.5) is 0 Å². The smallest absolute Gasteiger partial charge is 0.0844 e. The monoisotopic (exact) mass is 278 g/mol. The van der Waals surface area contributed by atoms with Crippen LogP contribution in [0.25, 0.3) is 0 Å². The summed E-state index contributed by atoms with van der Waals surface area (Å²) in [6, 6.07) is 0. The van der Waals surface area contributed by atoms with Crippen LogP contribution in [0.15, 0.2) is 0 Å². The maximum atomic E-state index is 6.63. The molecule has 2 heterocycles. The first-order valence-electron chi connectivity index (χ1n) is 9.09. The average Bonchev–Trinajstić information content (AvgIpc) is 3.08. The summed E-state index contributed by atoms with van der Waals surface area (Å²) in [5.41, 5.74) is 0.793. The first-order chi connectivity index (χ1) is 9.79. The maximum Gasteiger partial charge on any atom is 0.0844 e. The van der Waals surface area contributed by atoms with Crippen LogP contribution in [0.5, 0.6) is 0 Å². The molecule has 4 rings (SSSR count). The van der Waals surface area contributed by atoms with Gasteiger partial charge in [-0.15, -0.1) is 0 Å². The van der Waals surface area contributed by atoms with E-state index in [0.29, 0.717) is 17.6 Å². The second-order valence-corrected chi connectivity index (χ2v) is 8.05. The predicted molar refractivity (Wildman–Crippen MR) is 79.8 cm³/mol. The van der Waals surface area contributed by atoms with Gasteiger partial charge in [0.25, 0.3) is 0 Å². The number of rotatable bonds is 1. The van der Waals surface area contributed by atoms with Crippen molar-refractivity contribution >= 4 is 0 Å². The third-order valence-electron chi connectivity index (χ3n) is 6.60. The molecule has 2 saturated heterocycles. The van der Waals surface area contributed by atoms with E-state index < -0.39 is 0 Å². The second kappa shape index (κ2) is 5.28. The molecule has 0 aromatic carbocycles. The van der Waals surface area contributed by atoms with Gasteiger partial charge in [-0.3, -0.25) is 0 Å². The average molecular weight is 278 g/mol. The molecule has 2 unspecified atom stereocenters. The largest absolute Gasteiger partial charge is 0.375 e. The highest BCUT2D eigenvalue weighted by Gasteiger charge is 2.47. The molecular formula is C18H30O2. The highest BCUT2D eigenvalue weighted by atomic mass is 16.6. The quantitative estimate of drug-likeness (QED) is 0.697. The van der Waals surface area contributed by atoms with E-state index in [-0.39, 0.29) is 5.60 Å². The van der Waals surface area contributed by atoms with Gasteiger partial charge in [0, 0.05) is 0 Å². The lowest BCUT2D eigenvalue weighted by Gasteiger charge is -2.41. The van der Waals surface area contributed by atoms with Crippen LogP contribution in [-0.4, -0.2) is 24.4 Å². The van der Waals surface area contributed by atoms with Crippen LogP contribution in [0.2, 0.25) is 0 Å². The fourth-order valence-corrected chi connectivity index (χ4v) is 5.43. The molecule has 2 heteroatoms. The van der Waals surface area contributed by atoms with Crippen molar-refractivity contribution in [3.05, 3.63) is 0 Å². The molecule has 0 aromatic heterocycles. The molecule has 114 valence electrons. The number of hydrogen-bond donors (Lipinski definition) is 0. The molecule has 0 bridgehead atoms. The van der Waals surface area contributed by atoms with Gasteiger partial charge in [0.1, 0.15) is 0 Å². The summed E-state index contributed by atoms with van der Waals surface area (Å²) in [5.74, 6) is 0. The molecule has 0 N–H and O–H groups in total. The van der Waals surface area contributed by atoms with E-state index in [9.17, 15) is 0 Å². The fraction of sp³-hybridized carbons (Fsp3) is 1.00. The zero-order valence-electron chi connectivity index (χ0n) is 12.9. The SMILES string of the molecule is C1CCC2(CC1)COC(C1CCCC3(CCCC3)O1)C2. The van der Waals surface area contributed by atoms with Crippen molar-refractivity contribution in [2.75, 3.05) is 6.61 Å². The third kappa shape index (κ3) is 2.43. The van der Waals surface area contributed by atoms with E-state index >= 15 is 0 Å². The Morgan fingerprint density at radius 2 is 1.40 bits per heavy atom. The number of ether oxygens (including phenoxy) is 2. The summed E-state index contributed by atoms with van der Waals surface area (Å²) < 4.78 is 12.9. The van der Waals surface area contributed by atoms with Crippen molar-refractivity contribution < 1.29 is 9.47 Å². The second-order valence-electron chi connectivity index (χ2n) is 8.05. The Hall–Kier alpha value is -0.0800. The Morgan fingerprint density at radius 3 is 2.20 bits per heavy atom. The van der Waals surface area contributed by atoms with Gasteiger partial charge in [-0.1, -0.05) is 32.1 Å².